The summed E-state index contributed by atoms with van der Waals surface area (Å²) in [6, 6.07) is 0. The first-order chi connectivity index (χ1) is 7.24. The number of aliphatic hydroxyl groups excluding tert-OH is 1. The Morgan fingerprint density at radius 3 is 2.80 bits per heavy atom. The molecule has 15 heavy (non-hydrogen) atoms. The van der Waals surface area contributed by atoms with Gasteiger partial charge in [-0.15, -0.1) is 0 Å². The van der Waals surface area contributed by atoms with E-state index in [0.717, 1.165) is 38.2 Å². The average molecular weight is 211 g/mol. The van der Waals surface area contributed by atoms with E-state index < -0.39 is 0 Å². The summed E-state index contributed by atoms with van der Waals surface area (Å²) in [7, 11) is 4.12. The molecule has 86 valence electrons. The number of aryl methyl sites for hydroxylation is 1. The monoisotopic (exact) mass is 211 g/mol. The van der Waals surface area contributed by atoms with Crippen LogP contribution in [0.2, 0.25) is 0 Å². The number of aliphatic hydroxyl groups is 1. The van der Waals surface area contributed by atoms with Gasteiger partial charge in [0.05, 0.1) is 6.54 Å². The maximum atomic E-state index is 8.65. The third-order valence-corrected chi connectivity index (χ3v) is 2.53. The van der Waals surface area contributed by atoms with Crippen molar-refractivity contribution in [3.63, 3.8) is 0 Å². The molecule has 4 heteroatoms. The van der Waals surface area contributed by atoms with Gasteiger partial charge < -0.3 is 9.67 Å². The van der Waals surface area contributed by atoms with Gasteiger partial charge in [0, 0.05) is 26.0 Å². The molecule has 0 fully saturated rings. The summed E-state index contributed by atoms with van der Waals surface area (Å²) in [6.45, 7) is 2.26. The number of hydrogen-bond donors (Lipinski definition) is 1. The van der Waals surface area contributed by atoms with Crippen molar-refractivity contribution in [2.24, 2.45) is 7.05 Å². The lowest BCUT2D eigenvalue weighted by molar-refractivity contribution is 0.269. The predicted molar refractivity (Wildman–Crippen MR) is 60.5 cm³/mol. The minimum Gasteiger partial charge on any atom is -0.396 e. The van der Waals surface area contributed by atoms with Gasteiger partial charge in [-0.1, -0.05) is 0 Å². The molecule has 0 aliphatic heterocycles. The Morgan fingerprint density at radius 2 is 2.20 bits per heavy atom. The smallest absolute Gasteiger partial charge is 0.122 e. The summed E-state index contributed by atoms with van der Waals surface area (Å²) in [5.74, 6) is 1.10. The van der Waals surface area contributed by atoms with E-state index in [1.165, 1.54) is 0 Å². The predicted octanol–water partition coefficient (Wildman–Crippen LogP) is 1.01. The van der Waals surface area contributed by atoms with Crippen LogP contribution in [-0.4, -0.2) is 39.8 Å². The highest BCUT2D eigenvalue weighted by molar-refractivity contribution is 4.90. The van der Waals surface area contributed by atoms with Crippen LogP contribution in [0.3, 0.4) is 0 Å². The van der Waals surface area contributed by atoms with Crippen molar-refractivity contribution in [2.45, 2.75) is 25.8 Å². The molecule has 0 aromatic carbocycles. The number of aromatic nitrogens is 2. The molecule has 1 heterocycles. The Bertz CT molecular complexity index is 273. The topological polar surface area (TPSA) is 41.3 Å². The van der Waals surface area contributed by atoms with Crippen molar-refractivity contribution in [3.8, 4) is 0 Å². The molecular weight excluding hydrogens is 190 g/mol. The zero-order chi connectivity index (χ0) is 11.1. The van der Waals surface area contributed by atoms with Crippen LogP contribution in [0.5, 0.6) is 0 Å². The first kappa shape index (κ1) is 12.2. The molecule has 0 bridgehead atoms. The molecule has 0 amide bonds. The van der Waals surface area contributed by atoms with Gasteiger partial charge in [-0.05, 0) is 32.9 Å². The molecule has 1 N–H and O–H groups in total. The summed E-state index contributed by atoms with van der Waals surface area (Å²) >= 11 is 0. The van der Waals surface area contributed by atoms with Gasteiger partial charge in [0.2, 0.25) is 0 Å². The normalized spacial score (nSPS) is 11.2. The molecular formula is C11H21N3O. The molecule has 0 aliphatic rings. The SMILES string of the molecule is CN(CCCCCO)Cc1nccn1C. The van der Waals surface area contributed by atoms with Crippen molar-refractivity contribution in [2.75, 3.05) is 20.2 Å². The van der Waals surface area contributed by atoms with E-state index in [4.69, 9.17) is 5.11 Å². The first-order valence-electron chi connectivity index (χ1n) is 5.49. The van der Waals surface area contributed by atoms with Gasteiger partial charge in [0.25, 0.3) is 0 Å². The third kappa shape index (κ3) is 4.44. The number of imidazole rings is 1. The molecule has 0 spiro atoms. The number of unbranched alkanes of at least 4 members (excludes halogenated alkanes) is 2. The molecule has 1 aromatic heterocycles. The molecule has 0 unspecified atom stereocenters. The minimum absolute atomic E-state index is 0.309. The highest BCUT2D eigenvalue weighted by Crippen LogP contribution is 2.02. The maximum Gasteiger partial charge on any atom is 0.122 e. The first-order valence-corrected chi connectivity index (χ1v) is 5.49. The zero-order valence-electron chi connectivity index (χ0n) is 9.69. The van der Waals surface area contributed by atoms with Crippen LogP contribution in [0, 0.1) is 0 Å². The van der Waals surface area contributed by atoms with Crippen LogP contribution in [0.25, 0.3) is 0 Å². The van der Waals surface area contributed by atoms with Crippen LogP contribution in [0.1, 0.15) is 25.1 Å². The van der Waals surface area contributed by atoms with Crippen LogP contribution >= 0.6 is 0 Å². The number of nitrogens with zero attached hydrogens (tertiary/aromatic N) is 3. The molecule has 0 saturated carbocycles. The molecule has 4 nitrogen and oxygen atoms in total. The Kier molecular flexibility index (Phi) is 5.36. The van der Waals surface area contributed by atoms with Crippen LogP contribution in [-0.2, 0) is 13.6 Å². The molecule has 0 saturated heterocycles. The van der Waals surface area contributed by atoms with Crippen LogP contribution < -0.4 is 0 Å². The van der Waals surface area contributed by atoms with Crippen molar-refractivity contribution >= 4 is 0 Å². The molecule has 0 atom stereocenters. The van der Waals surface area contributed by atoms with Crippen molar-refractivity contribution in [3.05, 3.63) is 18.2 Å². The van der Waals surface area contributed by atoms with E-state index in [-0.39, 0.29) is 0 Å². The third-order valence-electron chi connectivity index (χ3n) is 2.53. The fourth-order valence-electron chi connectivity index (χ4n) is 1.54. The highest BCUT2D eigenvalue weighted by atomic mass is 16.2. The molecule has 1 aromatic rings. The standard InChI is InChI=1S/C11H21N3O/c1-13(7-4-3-5-9-15)10-11-12-6-8-14(11)2/h6,8,15H,3-5,7,9-10H2,1-2H3. The number of hydrogen-bond acceptors (Lipinski definition) is 3. The minimum atomic E-state index is 0.309. The zero-order valence-corrected chi connectivity index (χ0v) is 9.69. The van der Waals surface area contributed by atoms with E-state index in [1.807, 2.05) is 24.0 Å². The summed E-state index contributed by atoms with van der Waals surface area (Å²) in [5, 5.41) is 8.65. The largest absolute Gasteiger partial charge is 0.396 e. The fourth-order valence-corrected chi connectivity index (χ4v) is 1.54. The van der Waals surface area contributed by atoms with Gasteiger partial charge >= 0.3 is 0 Å². The van der Waals surface area contributed by atoms with Gasteiger partial charge in [-0.25, -0.2) is 4.98 Å². The molecule has 1 rings (SSSR count). The van der Waals surface area contributed by atoms with Crippen LogP contribution in [0.15, 0.2) is 12.4 Å². The Labute approximate surface area is 91.5 Å². The van der Waals surface area contributed by atoms with E-state index in [2.05, 4.69) is 16.9 Å². The maximum absolute atomic E-state index is 8.65. The van der Waals surface area contributed by atoms with E-state index >= 15 is 0 Å². The second-order valence-corrected chi connectivity index (χ2v) is 3.98. The van der Waals surface area contributed by atoms with Crippen molar-refractivity contribution < 1.29 is 5.11 Å². The van der Waals surface area contributed by atoms with E-state index in [1.54, 1.807) is 0 Å². The summed E-state index contributed by atoms with van der Waals surface area (Å²) < 4.78 is 2.05. The summed E-state index contributed by atoms with van der Waals surface area (Å²) in [4.78, 5) is 6.55. The molecule has 0 aliphatic carbocycles. The Hall–Kier alpha value is -0.870. The lowest BCUT2D eigenvalue weighted by Gasteiger charge is -2.15. The Morgan fingerprint density at radius 1 is 1.40 bits per heavy atom. The second-order valence-electron chi connectivity index (χ2n) is 3.98. The van der Waals surface area contributed by atoms with Crippen molar-refractivity contribution in [1.82, 2.24) is 14.5 Å². The fraction of sp³-hybridized carbons (Fsp3) is 0.727. The summed E-state index contributed by atoms with van der Waals surface area (Å²) in [5.41, 5.74) is 0. The van der Waals surface area contributed by atoms with Gasteiger partial charge in [-0.3, -0.25) is 4.90 Å². The van der Waals surface area contributed by atoms with E-state index in [0.29, 0.717) is 6.61 Å². The lowest BCUT2D eigenvalue weighted by Crippen LogP contribution is -2.21. The van der Waals surface area contributed by atoms with Gasteiger partial charge in [0.15, 0.2) is 0 Å². The average Bonchev–Trinajstić information content (AvgIpc) is 2.59. The Balaban J connectivity index is 2.18. The molecule has 0 radical (unpaired) electrons. The quantitative estimate of drug-likeness (QED) is 0.684. The lowest BCUT2D eigenvalue weighted by atomic mass is 10.2. The summed E-state index contributed by atoms with van der Waals surface area (Å²) in [6.07, 6.45) is 6.95. The van der Waals surface area contributed by atoms with Crippen LogP contribution in [0.4, 0.5) is 0 Å². The van der Waals surface area contributed by atoms with Crippen molar-refractivity contribution in [1.29, 1.82) is 0 Å². The highest BCUT2D eigenvalue weighted by Gasteiger charge is 2.03. The van der Waals surface area contributed by atoms with Gasteiger partial charge in [-0.2, -0.15) is 0 Å². The second kappa shape index (κ2) is 6.58. The van der Waals surface area contributed by atoms with Gasteiger partial charge in [0.1, 0.15) is 5.82 Å². The van der Waals surface area contributed by atoms with E-state index in [9.17, 15) is 0 Å². The number of rotatable bonds is 7.